The van der Waals surface area contributed by atoms with Crippen LogP contribution in [-0.4, -0.2) is 36.3 Å². The smallest absolute Gasteiger partial charge is 0.226 e. The number of benzene rings is 1. The summed E-state index contributed by atoms with van der Waals surface area (Å²) >= 11 is 0. The van der Waals surface area contributed by atoms with Crippen molar-refractivity contribution in [2.45, 2.75) is 32.6 Å². The fourth-order valence-electron chi connectivity index (χ4n) is 3.33. The van der Waals surface area contributed by atoms with Crippen LogP contribution in [0.4, 0.5) is 4.39 Å². The molecule has 4 nitrogen and oxygen atoms in total. The van der Waals surface area contributed by atoms with Crippen LogP contribution in [0.1, 0.15) is 31.7 Å². The van der Waals surface area contributed by atoms with Crippen LogP contribution in [-0.2, 0) is 16.0 Å². The lowest BCUT2D eigenvalue weighted by Crippen LogP contribution is -2.39. The van der Waals surface area contributed by atoms with E-state index in [2.05, 4.69) is 12.2 Å². The Labute approximate surface area is 142 Å². The maximum Gasteiger partial charge on any atom is 0.226 e. The van der Waals surface area contributed by atoms with Gasteiger partial charge in [0.2, 0.25) is 11.8 Å². The lowest BCUT2D eigenvalue weighted by molar-refractivity contribution is -0.135. The van der Waals surface area contributed by atoms with Crippen LogP contribution in [0.25, 0.3) is 0 Å². The third-order valence-electron chi connectivity index (χ3n) is 5.17. The number of piperidine rings is 1. The number of nitrogens with one attached hydrogen (secondary N) is 1. The molecule has 5 heteroatoms. The van der Waals surface area contributed by atoms with Crippen molar-refractivity contribution in [3.63, 3.8) is 0 Å². The third kappa shape index (κ3) is 4.13. The van der Waals surface area contributed by atoms with E-state index in [0.717, 1.165) is 31.5 Å². The van der Waals surface area contributed by atoms with Gasteiger partial charge in [0.15, 0.2) is 0 Å². The SMILES string of the molecule is CC1CCN(C(=O)C2CC2C(=O)NCCc2ccc(F)cc2)CC1. The Morgan fingerprint density at radius 1 is 1.17 bits per heavy atom. The second-order valence-electron chi connectivity index (χ2n) is 7.12. The zero-order chi connectivity index (χ0) is 17.1. The zero-order valence-corrected chi connectivity index (χ0v) is 14.1. The molecular weight excluding hydrogens is 307 g/mol. The van der Waals surface area contributed by atoms with Crippen LogP contribution < -0.4 is 5.32 Å². The van der Waals surface area contributed by atoms with E-state index in [4.69, 9.17) is 0 Å². The van der Waals surface area contributed by atoms with Crippen LogP contribution >= 0.6 is 0 Å². The predicted octanol–water partition coefficient (Wildman–Crippen LogP) is 2.38. The van der Waals surface area contributed by atoms with Gasteiger partial charge in [0.05, 0.1) is 11.8 Å². The molecule has 1 aromatic rings. The summed E-state index contributed by atoms with van der Waals surface area (Å²) in [6, 6.07) is 6.29. The molecular formula is C19H25FN2O2. The minimum Gasteiger partial charge on any atom is -0.356 e. The van der Waals surface area contributed by atoms with Crippen LogP contribution in [0.5, 0.6) is 0 Å². The summed E-state index contributed by atoms with van der Waals surface area (Å²) in [5.41, 5.74) is 0.988. The largest absolute Gasteiger partial charge is 0.356 e. The molecule has 1 saturated carbocycles. The second-order valence-corrected chi connectivity index (χ2v) is 7.12. The lowest BCUT2D eigenvalue weighted by atomic mass is 9.99. The summed E-state index contributed by atoms with van der Waals surface area (Å²) in [5, 5.41) is 2.90. The number of nitrogens with zero attached hydrogens (tertiary/aromatic N) is 1. The van der Waals surface area contributed by atoms with Crippen molar-refractivity contribution in [2.24, 2.45) is 17.8 Å². The third-order valence-corrected chi connectivity index (χ3v) is 5.17. The number of carbonyl (C=O) groups excluding carboxylic acids is 2. The first-order valence-electron chi connectivity index (χ1n) is 8.85. The Kier molecular flexibility index (Phi) is 5.17. The Balaban J connectivity index is 1.39. The van der Waals surface area contributed by atoms with E-state index in [9.17, 15) is 14.0 Å². The summed E-state index contributed by atoms with van der Waals surface area (Å²) in [7, 11) is 0. The van der Waals surface area contributed by atoms with Crippen LogP contribution in [0.15, 0.2) is 24.3 Å². The number of halogens is 1. The van der Waals surface area contributed by atoms with Gasteiger partial charge < -0.3 is 10.2 Å². The maximum absolute atomic E-state index is 12.8. The molecule has 1 heterocycles. The molecule has 1 N–H and O–H groups in total. The molecule has 2 fully saturated rings. The average molecular weight is 332 g/mol. The van der Waals surface area contributed by atoms with Crippen LogP contribution in [0.2, 0.25) is 0 Å². The minimum absolute atomic E-state index is 0.0270. The molecule has 24 heavy (non-hydrogen) atoms. The van der Waals surface area contributed by atoms with Crippen molar-refractivity contribution in [1.82, 2.24) is 10.2 Å². The van der Waals surface area contributed by atoms with E-state index in [1.54, 1.807) is 12.1 Å². The van der Waals surface area contributed by atoms with Gasteiger partial charge in [-0.2, -0.15) is 0 Å². The highest BCUT2D eigenvalue weighted by molar-refractivity contribution is 5.92. The monoisotopic (exact) mass is 332 g/mol. The number of carbonyl (C=O) groups is 2. The van der Waals surface area contributed by atoms with Gasteiger partial charge in [-0.3, -0.25) is 9.59 Å². The molecule has 1 aliphatic heterocycles. The van der Waals surface area contributed by atoms with Crippen molar-refractivity contribution < 1.29 is 14.0 Å². The van der Waals surface area contributed by atoms with Crippen molar-refractivity contribution >= 4 is 11.8 Å². The van der Waals surface area contributed by atoms with E-state index < -0.39 is 0 Å². The molecule has 0 bridgehead atoms. The summed E-state index contributed by atoms with van der Waals surface area (Å²) in [6.07, 6.45) is 3.47. The van der Waals surface area contributed by atoms with Crippen molar-refractivity contribution in [1.29, 1.82) is 0 Å². The topological polar surface area (TPSA) is 49.4 Å². The lowest BCUT2D eigenvalue weighted by Gasteiger charge is -2.30. The summed E-state index contributed by atoms with van der Waals surface area (Å²) in [4.78, 5) is 26.5. The van der Waals surface area contributed by atoms with Gasteiger partial charge >= 0.3 is 0 Å². The average Bonchev–Trinajstić information content (AvgIpc) is 3.37. The summed E-state index contributed by atoms with van der Waals surface area (Å²) in [6.45, 7) is 4.39. The van der Waals surface area contributed by atoms with Gasteiger partial charge in [0, 0.05) is 19.6 Å². The first kappa shape index (κ1) is 16.9. The highest BCUT2D eigenvalue weighted by Crippen LogP contribution is 2.40. The number of amides is 2. The van der Waals surface area contributed by atoms with Crippen molar-refractivity contribution in [3.05, 3.63) is 35.6 Å². The second kappa shape index (κ2) is 7.32. The quantitative estimate of drug-likeness (QED) is 0.900. The van der Waals surface area contributed by atoms with E-state index in [1.165, 1.54) is 12.1 Å². The molecule has 2 aliphatic rings. The van der Waals surface area contributed by atoms with Crippen LogP contribution in [0.3, 0.4) is 0 Å². The van der Waals surface area contributed by atoms with Gasteiger partial charge in [-0.05, 0) is 49.3 Å². The molecule has 3 rings (SSSR count). The number of rotatable bonds is 5. The molecule has 1 aromatic carbocycles. The Morgan fingerprint density at radius 3 is 2.50 bits per heavy atom. The fourth-order valence-corrected chi connectivity index (χ4v) is 3.33. The van der Waals surface area contributed by atoms with E-state index in [1.807, 2.05) is 4.90 Å². The first-order chi connectivity index (χ1) is 11.5. The van der Waals surface area contributed by atoms with Gasteiger partial charge in [-0.15, -0.1) is 0 Å². The normalized spacial score (nSPS) is 23.8. The van der Waals surface area contributed by atoms with E-state index >= 15 is 0 Å². The predicted molar refractivity (Wildman–Crippen MR) is 89.7 cm³/mol. The molecule has 0 radical (unpaired) electrons. The summed E-state index contributed by atoms with van der Waals surface area (Å²) < 4.78 is 12.8. The molecule has 130 valence electrons. The number of hydrogen-bond donors (Lipinski definition) is 1. The standard InChI is InChI=1S/C19H25FN2O2/c1-13-7-10-22(11-8-13)19(24)17-12-16(17)18(23)21-9-6-14-2-4-15(20)5-3-14/h2-5,13,16-17H,6-12H2,1H3,(H,21,23). The molecule has 2 atom stereocenters. The van der Waals surface area contributed by atoms with Gasteiger partial charge in [-0.25, -0.2) is 4.39 Å². The molecule has 2 amide bonds. The van der Waals surface area contributed by atoms with Crippen LogP contribution in [0, 0.1) is 23.6 Å². The van der Waals surface area contributed by atoms with Gasteiger partial charge in [-0.1, -0.05) is 19.1 Å². The van der Waals surface area contributed by atoms with Crippen molar-refractivity contribution in [2.75, 3.05) is 19.6 Å². The molecule has 1 aliphatic carbocycles. The minimum atomic E-state index is -0.255. The molecule has 0 aromatic heterocycles. The Bertz CT molecular complexity index is 594. The fraction of sp³-hybridized carbons (Fsp3) is 0.579. The Morgan fingerprint density at radius 2 is 1.83 bits per heavy atom. The summed E-state index contributed by atoms with van der Waals surface area (Å²) in [5.74, 6) is 0.281. The zero-order valence-electron chi connectivity index (χ0n) is 14.1. The highest BCUT2D eigenvalue weighted by Gasteiger charge is 2.49. The molecule has 0 spiro atoms. The van der Waals surface area contributed by atoms with Crippen molar-refractivity contribution in [3.8, 4) is 0 Å². The van der Waals surface area contributed by atoms with Gasteiger partial charge in [0.1, 0.15) is 5.82 Å². The highest BCUT2D eigenvalue weighted by atomic mass is 19.1. The van der Waals surface area contributed by atoms with E-state index in [0.29, 0.717) is 25.3 Å². The Hall–Kier alpha value is -1.91. The van der Waals surface area contributed by atoms with E-state index in [-0.39, 0.29) is 29.5 Å². The number of hydrogen-bond acceptors (Lipinski definition) is 2. The molecule has 2 unspecified atom stereocenters. The molecule has 1 saturated heterocycles. The number of likely N-dealkylation sites (tertiary alicyclic amines) is 1. The van der Waals surface area contributed by atoms with Gasteiger partial charge in [0.25, 0.3) is 0 Å². The maximum atomic E-state index is 12.8. The first-order valence-corrected chi connectivity index (χ1v) is 8.85.